The predicted molar refractivity (Wildman–Crippen MR) is 49.9 cm³/mol. The molecule has 2 unspecified atom stereocenters. The van der Waals surface area contributed by atoms with Gasteiger partial charge < -0.3 is 4.90 Å². The van der Waals surface area contributed by atoms with E-state index < -0.39 is 6.17 Å². The van der Waals surface area contributed by atoms with E-state index in [4.69, 9.17) is 0 Å². The van der Waals surface area contributed by atoms with Crippen LogP contribution in [-0.4, -0.2) is 30.7 Å². The maximum Gasteiger partial charge on any atom is 0.115 e. The maximum atomic E-state index is 13.2. The first-order chi connectivity index (χ1) is 5.74. The van der Waals surface area contributed by atoms with E-state index in [9.17, 15) is 4.39 Å². The predicted octanol–water partition coefficient (Wildman–Crippen LogP) is 2.24. The number of piperidine rings is 1. The van der Waals surface area contributed by atoms with Crippen molar-refractivity contribution in [3.63, 3.8) is 0 Å². The highest BCUT2D eigenvalue weighted by molar-refractivity contribution is 4.79. The molecule has 0 aromatic heterocycles. The average Bonchev–Trinajstić information content (AvgIpc) is 2.07. The lowest BCUT2D eigenvalue weighted by Crippen LogP contribution is -2.41. The smallest absolute Gasteiger partial charge is 0.115 e. The molecular formula is C10H18FN. The summed E-state index contributed by atoms with van der Waals surface area (Å²) in [5, 5.41) is 0. The number of hydrogen-bond acceptors (Lipinski definition) is 1. The van der Waals surface area contributed by atoms with Crippen LogP contribution in [0.2, 0.25) is 0 Å². The van der Waals surface area contributed by atoms with Gasteiger partial charge in [0.25, 0.3) is 0 Å². The van der Waals surface area contributed by atoms with Crippen LogP contribution in [0.1, 0.15) is 19.8 Å². The number of rotatable bonds is 3. The summed E-state index contributed by atoms with van der Waals surface area (Å²) in [6.07, 6.45) is 3.24. The van der Waals surface area contributed by atoms with Crippen molar-refractivity contribution in [1.82, 2.24) is 4.90 Å². The first-order valence-corrected chi connectivity index (χ1v) is 4.71. The normalized spacial score (nSPS) is 31.8. The lowest BCUT2D eigenvalue weighted by molar-refractivity contribution is 0.0948. The number of hydrogen-bond donors (Lipinski definition) is 0. The Hall–Kier alpha value is -0.370. The van der Waals surface area contributed by atoms with Crippen molar-refractivity contribution < 1.29 is 4.39 Å². The standard InChI is InChI=1S/C10H18FN/c1-3-4-6-12-7-5-9(2)10(11)8-12/h3,9-10H,1,4-8H2,2H3. The van der Waals surface area contributed by atoms with Crippen molar-refractivity contribution in [3.8, 4) is 0 Å². The van der Waals surface area contributed by atoms with Gasteiger partial charge in [0.2, 0.25) is 0 Å². The fourth-order valence-electron chi connectivity index (χ4n) is 1.56. The summed E-state index contributed by atoms with van der Waals surface area (Å²) in [7, 11) is 0. The Bertz CT molecular complexity index is 147. The van der Waals surface area contributed by atoms with Gasteiger partial charge in [0.1, 0.15) is 6.17 Å². The molecule has 0 aromatic carbocycles. The van der Waals surface area contributed by atoms with Crippen molar-refractivity contribution in [2.24, 2.45) is 5.92 Å². The van der Waals surface area contributed by atoms with Crippen LogP contribution in [0.5, 0.6) is 0 Å². The van der Waals surface area contributed by atoms with E-state index in [0.717, 1.165) is 25.9 Å². The zero-order valence-electron chi connectivity index (χ0n) is 7.80. The van der Waals surface area contributed by atoms with Gasteiger partial charge in [-0.05, 0) is 25.3 Å². The maximum absolute atomic E-state index is 13.2. The van der Waals surface area contributed by atoms with Crippen LogP contribution in [0.25, 0.3) is 0 Å². The molecule has 1 aliphatic rings. The number of likely N-dealkylation sites (tertiary alicyclic amines) is 1. The molecule has 2 heteroatoms. The van der Waals surface area contributed by atoms with Gasteiger partial charge in [-0.2, -0.15) is 0 Å². The third-order valence-electron chi connectivity index (χ3n) is 2.60. The minimum absolute atomic E-state index is 0.255. The Morgan fingerprint density at radius 3 is 3.00 bits per heavy atom. The molecule has 0 amide bonds. The van der Waals surface area contributed by atoms with Gasteiger partial charge in [0.05, 0.1) is 0 Å². The summed E-state index contributed by atoms with van der Waals surface area (Å²) in [6.45, 7) is 8.29. The van der Waals surface area contributed by atoms with E-state index in [-0.39, 0.29) is 5.92 Å². The topological polar surface area (TPSA) is 3.24 Å². The molecule has 2 atom stereocenters. The lowest BCUT2D eigenvalue weighted by atomic mass is 9.97. The van der Waals surface area contributed by atoms with Crippen LogP contribution < -0.4 is 0 Å². The minimum Gasteiger partial charge on any atom is -0.300 e. The molecule has 0 N–H and O–H groups in total. The second kappa shape index (κ2) is 4.61. The number of alkyl halides is 1. The fraction of sp³-hybridized carbons (Fsp3) is 0.800. The molecular weight excluding hydrogens is 153 g/mol. The molecule has 0 spiro atoms. The van der Waals surface area contributed by atoms with Gasteiger partial charge in [-0.3, -0.25) is 0 Å². The summed E-state index contributed by atoms with van der Waals surface area (Å²) < 4.78 is 13.2. The van der Waals surface area contributed by atoms with Crippen LogP contribution in [0, 0.1) is 5.92 Å². The van der Waals surface area contributed by atoms with E-state index in [0.29, 0.717) is 6.54 Å². The van der Waals surface area contributed by atoms with E-state index in [2.05, 4.69) is 11.5 Å². The van der Waals surface area contributed by atoms with Crippen LogP contribution in [-0.2, 0) is 0 Å². The van der Waals surface area contributed by atoms with E-state index >= 15 is 0 Å². The molecule has 1 rings (SSSR count). The Morgan fingerprint density at radius 1 is 1.67 bits per heavy atom. The zero-order valence-corrected chi connectivity index (χ0v) is 7.80. The first kappa shape index (κ1) is 9.72. The highest BCUT2D eigenvalue weighted by Gasteiger charge is 2.24. The highest BCUT2D eigenvalue weighted by Crippen LogP contribution is 2.19. The van der Waals surface area contributed by atoms with Crippen LogP contribution in [0.4, 0.5) is 4.39 Å². The lowest BCUT2D eigenvalue weighted by Gasteiger charge is -2.32. The molecule has 12 heavy (non-hydrogen) atoms. The fourth-order valence-corrected chi connectivity index (χ4v) is 1.56. The van der Waals surface area contributed by atoms with Gasteiger partial charge in [-0.15, -0.1) is 6.58 Å². The van der Waals surface area contributed by atoms with Crippen molar-refractivity contribution in [3.05, 3.63) is 12.7 Å². The quantitative estimate of drug-likeness (QED) is 0.589. The average molecular weight is 171 g/mol. The second-order valence-corrected chi connectivity index (χ2v) is 3.66. The summed E-state index contributed by atoms with van der Waals surface area (Å²) in [5.74, 6) is 0.255. The molecule has 1 fully saturated rings. The Kier molecular flexibility index (Phi) is 3.73. The molecule has 70 valence electrons. The zero-order chi connectivity index (χ0) is 8.97. The van der Waals surface area contributed by atoms with Crippen molar-refractivity contribution in [2.75, 3.05) is 19.6 Å². The largest absolute Gasteiger partial charge is 0.300 e. The molecule has 0 aliphatic carbocycles. The Labute approximate surface area is 74.3 Å². The molecule has 0 bridgehead atoms. The molecule has 1 heterocycles. The number of nitrogens with zero attached hydrogens (tertiary/aromatic N) is 1. The Balaban J connectivity index is 2.25. The van der Waals surface area contributed by atoms with E-state index in [1.165, 1.54) is 0 Å². The Morgan fingerprint density at radius 2 is 2.42 bits per heavy atom. The van der Waals surface area contributed by atoms with Crippen molar-refractivity contribution >= 4 is 0 Å². The highest BCUT2D eigenvalue weighted by atomic mass is 19.1. The van der Waals surface area contributed by atoms with Crippen LogP contribution in [0.3, 0.4) is 0 Å². The molecule has 1 nitrogen and oxygen atoms in total. The summed E-state index contributed by atoms with van der Waals surface area (Å²) in [6, 6.07) is 0. The summed E-state index contributed by atoms with van der Waals surface area (Å²) in [5.41, 5.74) is 0. The van der Waals surface area contributed by atoms with Gasteiger partial charge in [-0.25, -0.2) is 4.39 Å². The van der Waals surface area contributed by atoms with Gasteiger partial charge in [-0.1, -0.05) is 13.0 Å². The monoisotopic (exact) mass is 171 g/mol. The van der Waals surface area contributed by atoms with Crippen LogP contribution >= 0.6 is 0 Å². The molecule has 1 saturated heterocycles. The van der Waals surface area contributed by atoms with Crippen LogP contribution in [0.15, 0.2) is 12.7 Å². The molecule has 0 saturated carbocycles. The minimum atomic E-state index is -0.622. The summed E-state index contributed by atoms with van der Waals surface area (Å²) in [4.78, 5) is 2.19. The van der Waals surface area contributed by atoms with E-state index in [1.54, 1.807) is 0 Å². The number of halogens is 1. The second-order valence-electron chi connectivity index (χ2n) is 3.66. The van der Waals surface area contributed by atoms with Crippen molar-refractivity contribution in [1.29, 1.82) is 0 Å². The van der Waals surface area contributed by atoms with Crippen molar-refractivity contribution in [2.45, 2.75) is 25.9 Å². The van der Waals surface area contributed by atoms with Gasteiger partial charge in [0, 0.05) is 13.1 Å². The molecule has 1 aliphatic heterocycles. The van der Waals surface area contributed by atoms with Gasteiger partial charge in [0.15, 0.2) is 0 Å². The van der Waals surface area contributed by atoms with Gasteiger partial charge >= 0.3 is 0 Å². The first-order valence-electron chi connectivity index (χ1n) is 4.71. The third kappa shape index (κ3) is 2.59. The SMILES string of the molecule is C=CCCN1CCC(C)C(F)C1. The molecule has 0 aromatic rings. The van der Waals surface area contributed by atoms with E-state index in [1.807, 2.05) is 13.0 Å². The third-order valence-corrected chi connectivity index (χ3v) is 2.60. The summed E-state index contributed by atoms with van der Waals surface area (Å²) >= 11 is 0. The molecule has 0 radical (unpaired) electrons.